The van der Waals surface area contributed by atoms with E-state index in [0.717, 1.165) is 25.1 Å². The summed E-state index contributed by atoms with van der Waals surface area (Å²) < 4.78 is 10.1. The van der Waals surface area contributed by atoms with Gasteiger partial charge >= 0.3 is 5.97 Å². The number of methoxy groups -OCH3 is 1. The lowest BCUT2D eigenvalue weighted by Crippen LogP contribution is -2.43. The molecule has 1 aromatic heterocycles. The van der Waals surface area contributed by atoms with Gasteiger partial charge in [0, 0.05) is 5.92 Å². The Labute approximate surface area is 88.6 Å². The van der Waals surface area contributed by atoms with Gasteiger partial charge in [-0.3, -0.25) is 4.79 Å². The number of hydrogen-bond acceptors (Lipinski definition) is 4. The van der Waals surface area contributed by atoms with Crippen molar-refractivity contribution in [3.05, 3.63) is 24.2 Å². The van der Waals surface area contributed by atoms with Crippen LogP contribution in [0.15, 0.2) is 22.8 Å². The summed E-state index contributed by atoms with van der Waals surface area (Å²) in [6.07, 6.45) is 3.42. The minimum absolute atomic E-state index is 0.189. The number of carbonyl (C=O) groups is 1. The molecular formula is C11H15NO3. The Bertz CT molecular complexity index is 321. The van der Waals surface area contributed by atoms with Gasteiger partial charge in [0.05, 0.1) is 13.4 Å². The summed E-state index contributed by atoms with van der Waals surface area (Å²) in [5.41, 5.74) is 0. The van der Waals surface area contributed by atoms with Gasteiger partial charge in [0.1, 0.15) is 11.8 Å². The molecule has 2 unspecified atom stereocenters. The summed E-state index contributed by atoms with van der Waals surface area (Å²) >= 11 is 0. The highest BCUT2D eigenvalue weighted by Gasteiger charge is 2.29. The van der Waals surface area contributed by atoms with E-state index >= 15 is 0 Å². The minimum atomic E-state index is -0.196. The fraction of sp³-hybridized carbons (Fsp3) is 0.545. The van der Waals surface area contributed by atoms with Crippen LogP contribution < -0.4 is 5.32 Å². The monoisotopic (exact) mass is 209 g/mol. The van der Waals surface area contributed by atoms with E-state index in [2.05, 4.69) is 5.32 Å². The van der Waals surface area contributed by atoms with Crippen molar-refractivity contribution >= 4 is 5.97 Å². The van der Waals surface area contributed by atoms with Crippen molar-refractivity contribution in [1.29, 1.82) is 0 Å². The molecule has 4 heteroatoms. The van der Waals surface area contributed by atoms with Gasteiger partial charge in [-0.15, -0.1) is 0 Å². The van der Waals surface area contributed by atoms with Crippen LogP contribution in [-0.2, 0) is 9.53 Å². The van der Waals surface area contributed by atoms with E-state index in [4.69, 9.17) is 9.15 Å². The maximum Gasteiger partial charge on any atom is 0.322 e. The lowest BCUT2D eigenvalue weighted by molar-refractivity contribution is -0.143. The van der Waals surface area contributed by atoms with Crippen LogP contribution >= 0.6 is 0 Å². The second-order valence-corrected chi connectivity index (χ2v) is 3.77. The number of esters is 1. The number of ether oxygens (including phenoxy) is 1. The number of hydrogen-bond donors (Lipinski definition) is 1. The fourth-order valence-corrected chi connectivity index (χ4v) is 2.02. The summed E-state index contributed by atoms with van der Waals surface area (Å²) in [6.45, 7) is 0.825. The molecule has 1 N–H and O–H groups in total. The van der Waals surface area contributed by atoms with Crippen LogP contribution in [0.3, 0.4) is 0 Å². The van der Waals surface area contributed by atoms with Crippen molar-refractivity contribution in [1.82, 2.24) is 5.32 Å². The van der Waals surface area contributed by atoms with E-state index in [9.17, 15) is 4.79 Å². The Kier molecular flexibility index (Phi) is 3.06. The molecule has 1 fully saturated rings. The zero-order valence-corrected chi connectivity index (χ0v) is 8.73. The third-order valence-electron chi connectivity index (χ3n) is 2.84. The highest BCUT2D eigenvalue weighted by Crippen LogP contribution is 2.28. The molecule has 0 aliphatic carbocycles. The standard InChI is InChI=1S/C11H15NO3/c1-14-11(13)9-7-8(4-5-12-9)10-3-2-6-15-10/h2-3,6,8-9,12H,4-5,7H2,1H3. The van der Waals surface area contributed by atoms with E-state index in [-0.39, 0.29) is 12.0 Å². The van der Waals surface area contributed by atoms with Crippen molar-refractivity contribution in [3.63, 3.8) is 0 Å². The second kappa shape index (κ2) is 4.49. The van der Waals surface area contributed by atoms with Crippen molar-refractivity contribution in [2.24, 2.45) is 0 Å². The van der Waals surface area contributed by atoms with Crippen LogP contribution in [0.5, 0.6) is 0 Å². The molecule has 1 aliphatic rings. The molecular weight excluding hydrogens is 194 g/mol. The van der Waals surface area contributed by atoms with Crippen molar-refractivity contribution < 1.29 is 13.9 Å². The lowest BCUT2D eigenvalue weighted by Gasteiger charge is -2.27. The lowest BCUT2D eigenvalue weighted by atomic mass is 9.90. The molecule has 0 aromatic carbocycles. The van der Waals surface area contributed by atoms with Crippen molar-refractivity contribution in [2.45, 2.75) is 24.8 Å². The first-order valence-electron chi connectivity index (χ1n) is 5.16. The van der Waals surface area contributed by atoms with Crippen LogP contribution in [0.25, 0.3) is 0 Å². The van der Waals surface area contributed by atoms with Crippen LogP contribution in [0.1, 0.15) is 24.5 Å². The first-order chi connectivity index (χ1) is 7.31. The summed E-state index contributed by atoms with van der Waals surface area (Å²) in [5, 5.41) is 3.15. The van der Waals surface area contributed by atoms with Crippen molar-refractivity contribution in [2.75, 3.05) is 13.7 Å². The molecule has 0 amide bonds. The fourth-order valence-electron chi connectivity index (χ4n) is 2.02. The maximum atomic E-state index is 11.4. The van der Waals surface area contributed by atoms with Crippen LogP contribution in [0, 0.1) is 0 Å². The van der Waals surface area contributed by atoms with Gasteiger partial charge in [0.2, 0.25) is 0 Å². The molecule has 4 nitrogen and oxygen atoms in total. The highest BCUT2D eigenvalue weighted by molar-refractivity contribution is 5.75. The molecule has 0 radical (unpaired) electrons. The van der Waals surface area contributed by atoms with Crippen LogP contribution in [-0.4, -0.2) is 25.7 Å². The largest absolute Gasteiger partial charge is 0.469 e. The number of rotatable bonds is 2. The average Bonchev–Trinajstić information content (AvgIpc) is 2.82. The van der Waals surface area contributed by atoms with E-state index in [1.165, 1.54) is 7.11 Å². The average molecular weight is 209 g/mol. The molecule has 2 heterocycles. The molecule has 82 valence electrons. The number of carbonyl (C=O) groups excluding carboxylic acids is 1. The summed E-state index contributed by atoms with van der Waals surface area (Å²) in [6, 6.07) is 3.65. The Morgan fingerprint density at radius 2 is 2.53 bits per heavy atom. The number of nitrogens with one attached hydrogen (secondary N) is 1. The third kappa shape index (κ3) is 2.21. The zero-order chi connectivity index (χ0) is 10.7. The molecule has 1 aromatic rings. The maximum absolute atomic E-state index is 11.4. The van der Waals surface area contributed by atoms with E-state index < -0.39 is 0 Å². The van der Waals surface area contributed by atoms with Gasteiger partial charge < -0.3 is 14.5 Å². The normalized spacial score (nSPS) is 26.2. The Balaban J connectivity index is 2.01. The van der Waals surface area contributed by atoms with Gasteiger partial charge in [-0.25, -0.2) is 0 Å². The quantitative estimate of drug-likeness (QED) is 0.746. The van der Waals surface area contributed by atoms with E-state index in [0.29, 0.717) is 5.92 Å². The molecule has 1 saturated heterocycles. The molecule has 0 spiro atoms. The number of furan rings is 1. The van der Waals surface area contributed by atoms with E-state index in [1.807, 2.05) is 12.1 Å². The molecule has 0 bridgehead atoms. The second-order valence-electron chi connectivity index (χ2n) is 3.77. The predicted molar refractivity (Wildman–Crippen MR) is 54.5 cm³/mol. The van der Waals surface area contributed by atoms with Crippen molar-refractivity contribution in [3.8, 4) is 0 Å². The Morgan fingerprint density at radius 1 is 1.67 bits per heavy atom. The summed E-state index contributed by atoms with van der Waals surface area (Å²) in [5.74, 6) is 1.10. The molecule has 1 aliphatic heterocycles. The SMILES string of the molecule is COC(=O)C1CC(c2ccco2)CCN1. The molecule has 2 atom stereocenters. The zero-order valence-electron chi connectivity index (χ0n) is 8.73. The summed E-state index contributed by atoms with van der Waals surface area (Å²) in [4.78, 5) is 11.4. The van der Waals surface area contributed by atoms with Crippen LogP contribution in [0.4, 0.5) is 0 Å². The Morgan fingerprint density at radius 3 is 3.20 bits per heavy atom. The molecule has 15 heavy (non-hydrogen) atoms. The topological polar surface area (TPSA) is 51.5 Å². The third-order valence-corrected chi connectivity index (χ3v) is 2.84. The van der Waals surface area contributed by atoms with Gasteiger partial charge in [0.25, 0.3) is 0 Å². The van der Waals surface area contributed by atoms with Gasteiger partial charge in [-0.2, -0.15) is 0 Å². The summed E-state index contributed by atoms with van der Waals surface area (Å²) in [7, 11) is 1.42. The number of piperidine rings is 1. The first kappa shape index (κ1) is 10.2. The van der Waals surface area contributed by atoms with Crippen LogP contribution in [0.2, 0.25) is 0 Å². The molecule has 2 rings (SSSR count). The predicted octanol–water partition coefficient (Wildman–Crippen LogP) is 1.29. The van der Waals surface area contributed by atoms with Gasteiger partial charge in [0.15, 0.2) is 0 Å². The van der Waals surface area contributed by atoms with E-state index in [1.54, 1.807) is 6.26 Å². The highest BCUT2D eigenvalue weighted by atomic mass is 16.5. The Hall–Kier alpha value is -1.29. The smallest absolute Gasteiger partial charge is 0.322 e. The van der Waals surface area contributed by atoms with Gasteiger partial charge in [-0.05, 0) is 31.5 Å². The molecule has 0 saturated carbocycles. The van der Waals surface area contributed by atoms with Gasteiger partial charge in [-0.1, -0.05) is 0 Å². The minimum Gasteiger partial charge on any atom is -0.469 e. The first-order valence-corrected chi connectivity index (χ1v) is 5.16.